The normalized spacial score (nSPS) is 11.8. The van der Waals surface area contributed by atoms with Crippen molar-refractivity contribution in [1.29, 1.82) is 0 Å². The minimum Gasteiger partial charge on any atom is -0.506 e. The predicted molar refractivity (Wildman–Crippen MR) is 69.7 cm³/mol. The summed E-state index contributed by atoms with van der Waals surface area (Å²) < 4.78 is 35.7. The molecule has 0 bridgehead atoms. The molecule has 2 nitrogen and oxygen atoms in total. The lowest BCUT2D eigenvalue weighted by Gasteiger charge is -2.09. The van der Waals surface area contributed by atoms with Crippen LogP contribution in [0.5, 0.6) is 5.75 Å². The summed E-state index contributed by atoms with van der Waals surface area (Å²) in [5.74, 6) is -0.0612. The number of hydrogen-bond acceptors (Lipinski definition) is 2. The van der Waals surface area contributed by atoms with Crippen LogP contribution in [-0.2, 0) is 6.54 Å². The van der Waals surface area contributed by atoms with Crippen molar-refractivity contribution >= 4 is 23.2 Å². The molecule has 2 N–H and O–H groups in total. The van der Waals surface area contributed by atoms with Crippen LogP contribution in [-0.4, -0.2) is 17.8 Å². The molecule has 0 aliphatic rings. The van der Waals surface area contributed by atoms with Gasteiger partial charge >= 0.3 is 6.18 Å². The van der Waals surface area contributed by atoms with Crippen molar-refractivity contribution < 1.29 is 18.3 Å². The van der Waals surface area contributed by atoms with E-state index in [1.54, 1.807) is 6.07 Å². The first kappa shape index (κ1) is 16.4. The van der Waals surface area contributed by atoms with Crippen molar-refractivity contribution in [3.63, 3.8) is 0 Å². The fraction of sp³-hybridized carbons (Fsp3) is 0.500. The summed E-state index contributed by atoms with van der Waals surface area (Å²) in [5.41, 5.74) is 0.522. The molecular formula is C12H14Cl2F3NO. The van der Waals surface area contributed by atoms with Gasteiger partial charge in [0.2, 0.25) is 0 Å². The monoisotopic (exact) mass is 315 g/mol. The molecule has 0 aliphatic carbocycles. The zero-order chi connectivity index (χ0) is 14.5. The van der Waals surface area contributed by atoms with Gasteiger partial charge in [0.1, 0.15) is 5.75 Å². The quantitative estimate of drug-likeness (QED) is 0.756. The van der Waals surface area contributed by atoms with Crippen molar-refractivity contribution in [3.05, 3.63) is 27.7 Å². The Kier molecular flexibility index (Phi) is 6.23. The van der Waals surface area contributed by atoms with Gasteiger partial charge in [-0.1, -0.05) is 23.2 Å². The second-order valence-corrected chi connectivity index (χ2v) is 4.99. The number of phenolic OH excluding ortho intramolecular Hbond substituents is 1. The molecule has 0 spiro atoms. The van der Waals surface area contributed by atoms with E-state index in [9.17, 15) is 18.3 Å². The molecule has 0 fully saturated rings. The molecule has 0 heterocycles. The summed E-state index contributed by atoms with van der Waals surface area (Å²) >= 11 is 11.5. The molecule has 1 rings (SSSR count). The number of halogens is 5. The van der Waals surface area contributed by atoms with E-state index in [0.29, 0.717) is 30.1 Å². The van der Waals surface area contributed by atoms with E-state index in [0.717, 1.165) is 0 Å². The molecule has 0 aliphatic heterocycles. The maximum Gasteiger partial charge on any atom is 0.389 e. The van der Waals surface area contributed by atoms with Crippen LogP contribution < -0.4 is 5.32 Å². The number of phenols is 1. The SMILES string of the molecule is Oc1c(Cl)cc(Cl)cc1CNCCCCC(F)(F)F. The van der Waals surface area contributed by atoms with Gasteiger partial charge in [-0.15, -0.1) is 0 Å². The average molecular weight is 316 g/mol. The number of hydrogen-bond donors (Lipinski definition) is 2. The number of aromatic hydroxyl groups is 1. The second-order valence-electron chi connectivity index (χ2n) is 4.14. The van der Waals surface area contributed by atoms with Gasteiger partial charge in [0.05, 0.1) is 5.02 Å². The molecule has 1 aromatic carbocycles. The van der Waals surface area contributed by atoms with E-state index in [2.05, 4.69) is 5.32 Å². The minimum atomic E-state index is -4.10. The Balaban J connectivity index is 2.30. The molecule has 0 saturated carbocycles. The van der Waals surface area contributed by atoms with Crippen LogP contribution in [0.3, 0.4) is 0 Å². The topological polar surface area (TPSA) is 32.3 Å². The van der Waals surface area contributed by atoms with Crippen molar-refractivity contribution in [2.45, 2.75) is 32.0 Å². The van der Waals surface area contributed by atoms with Gasteiger partial charge in [-0.3, -0.25) is 0 Å². The van der Waals surface area contributed by atoms with Gasteiger partial charge in [-0.2, -0.15) is 13.2 Å². The second kappa shape index (κ2) is 7.22. The van der Waals surface area contributed by atoms with E-state index >= 15 is 0 Å². The Labute approximate surface area is 119 Å². The molecule has 0 radical (unpaired) electrons. The van der Waals surface area contributed by atoms with Crippen LogP contribution in [0.4, 0.5) is 13.2 Å². The largest absolute Gasteiger partial charge is 0.506 e. The Morgan fingerprint density at radius 3 is 2.47 bits per heavy atom. The highest BCUT2D eigenvalue weighted by Crippen LogP contribution is 2.31. The minimum absolute atomic E-state index is 0.0612. The van der Waals surface area contributed by atoms with E-state index < -0.39 is 12.6 Å². The third kappa shape index (κ3) is 6.36. The lowest BCUT2D eigenvalue weighted by atomic mass is 10.2. The summed E-state index contributed by atoms with van der Waals surface area (Å²) in [6, 6.07) is 2.98. The van der Waals surface area contributed by atoms with E-state index in [1.807, 2.05) is 0 Å². The molecule has 0 atom stereocenters. The molecule has 108 valence electrons. The van der Waals surface area contributed by atoms with Crippen LogP contribution in [0.25, 0.3) is 0 Å². The van der Waals surface area contributed by atoms with E-state index in [-0.39, 0.29) is 17.2 Å². The maximum atomic E-state index is 11.9. The Morgan fingerprint density at radius 1 is 1.16 bits per heavy atom. The number of rotatable bonds is 6. The van der Waals surface area contributed by atoms with E-state index in [4.69, 9.17) is 23.2 Å². The van der Waals surface area contributed by atoms with Crippen molar-refractivity contribution in [1.82, 2.24) is 5.32 Å². The van der Waals surface area contributed by atoms with Crippen LogP contribution in [0.2, 0.25) is 10.0 Å². The van der Waals surface area contributed by atoms with Gasteiger partial charge in [-0.25, -0.2) is 0 Å². The van der Waals surface area contributed by atoms with Gasteiger partial charge < -0.3 is 10.4 Å². The zero-order valence-corrected chi connectivity index (χ0v) is 11.5. The standard InChI is InChI=1S/C12H14Cl2F3NO/c13-9-5-8(11(19)10(14)6-9)7-18-4-2-1-3-12(15,16)17/h5-6,18-19H,1-4,7H2. The maximum absolute atomic E-state index is 11.9. The summed E-state index contributed by atoms with van der Waals surface area (Å²) in [6.07, 6.45) is -4.38. The zero-order valence-electron chi connectivity index (χ0n) is 10.0. The average Bonchev–Trinajstić information content (AvgIpc) is 2.28. The van der Waals surface area contributed by atoms with E-state index in [1.165, 1.54) is 6.07 Å². The highest BCUT2D eigenvalue weighted by atomic mass is 35.5. The van der Waals surface area contributed by atoms with Gasteiger partial charge in [0.25, 0.3) is 0 Å². The molecule has 0 saturated heterocycles. The Hall–Kier alpha value is -0.650. The predicted octanol–water partition coefficient (Wildman–Crippen LogP) is 4.52. The molecule has 19 heavy (non-hydrogen) atoms. The van der Waals surface area contributed by atoms with Crippen LogP contribution in [0, 0.1) is 0 Å². The Morgan fingerprint density at radius 2 is 1.84 bits per heavy atom. The summed E-state index contributed by atoms with van der Waals surface area (Å²) in [5, 5.41) is 13.1. The molecule has 1 aromatic rings. The molecule has 0 amide bonds. The first-order valence-electron chi connectivity index (χ1n) is 5.74. The highest BCUT2D eigenvalue weighted by molar-refractivity contribution is 6.35. The fourth-order valence-corrected chi connectivity index (χ4v) is 2.09. The molecular weight excluding hydrogens is 302 g/mol. The molecule has 0 unspecified atom stereocenters. The van der Waals surface area contributed by atoms with Crippen molar-refractivity contribution in [2.75, 3.05) is 6.54 Å². The number of unbranched alkanes of at least 4 members (excludes halogenated alkanes) is 1. The van der Waals surface area contributed by atoms with Crippen LogP contribution in [0.15, 0.2) is 12.1 Å². The lowest BCUT2D eigenvalue weighted by Crippen LogP contribution is -2.16. The summed E-state index contributed by atoms with van der Waals surface area (Å²) in [4.78, 5) is 0. The van der Waals surface area contributed by atoms with Gasteiger partial charge in [-0.05, 0) is 31.5 Å². The summed E-state index contributed by atoms with van der Waals surface area (Å²) in [7, 11) is 0. The lowest BCUT2D eigenvalue weighted by molar-refractivity contribution is -0.135. The number of nitrogens with one attached hydrogen (secondary N) is 1. The first-order valence-corrected chi connectivity index (χ1v) is 6.49. The fourth-order valence-electron chi connectivity index (χ4n) is 1.55. The first-order chi connectivity index (χ1) is 8.79. The smallest absolute Gasteiger partial charge is 0.389 e. The number of alkyl halides is 3. The molecule has 0 aromatic heterocycles. The van der Waals surface area contributed by atoms with Gasteiger partial charge in [0.15, 0.2) is 0 Å². The molecule has 7 heteroatoms. The Bertz CT molecular complexity index is 424. The highest BCUT2D eigenvalue weighted by Gasteiger charge is 2.25. The van der Waals surface area contributed by atoms with Crippen LogP contribution in [0.1, 0.15) is 24.8 Å². The number of benzene rings is 1. The van der Waals surface area contributed by atoms with Crippen LogP contribution >= 0.6 is 23.2 Å². The van der Waals surface area contributed by atoms with Crippen molar-refractivity contribution in [3.8, 4) is 5.75 Å². The summed E-state index contributed by atoms with van der Waals surface area (Å²) in [6.45, 7) is 0.734. The third-order valence-corrected chi connectivity index (χ3v) is 2.99. The van der Waals surface area contributed by atoms with Gasteiger partial charge in [0, 0.05) is 23.6 Å². The van der Waals surface area contributed by atoms with Crippen molar-refractivity contribution in [2.24, 2.45) is 0 Å². The third-order valence-electron chi connectivity index (χ3n) is 2.49.